The van der Waals surface area contributed by atoms with Gasteiger partial charge < -0.3 is 9.84 Å². The maximum Gasteiger partial charge on any atom is 0.235 e. The molecule has 8 heteroatoms. The van der Waals surface area contributed by atoms with Gasteiger partial charge in [0.15, 0.2) is 9.84 Å². The molecule has 23 heavy (non-hydrogen) atoms. The number of hydrogen-bond donors (Lipinski definition) is 1. The summed E-state index contributed by atoms with van der Waals surface area (Å²) in [6.45, 7) is 2.98. The number of aromatic nitrogens is 1. The SMILES string of the molecule is CS(=O)(=O)CC(=O)NC1CCc2onc(CN3CCCC3)c2C1. The van der Waals surface area contributed by atoms with Gasteiger partial charge in [0, 0.05) is 30.8 Å². The lowest BCUT2D eigenvalue weighted by Gasteiger charge is -2.23. The van der Waals surface area contributed by atoms with Gasteiger partial charge in [0.2, 0.25) is 5.91 Å². The van der Waals surface area contributed by atoms with E-state index in [4.69, 9.17) is 4.52 Å². The van der Waals surface area contributed by atoms with Crippen LogP contribution < -0.4 is 5.32 Å². The van der Waals surface area contributed by atoms with Crippen molar-refractivity contribution in [3.05, 3.63) is 17.0 Å². The minimum Gasteiger partial charge on any atom is -0.361 e. The molecule has 1 amide bonds. The number of carbonyl (C=O) groups excluding carboxylic acids is 1. The van der Waals surface area contributed by atoms with E-state index in [0.29, 0.717) is 6.42 Å². The molecule has 1 atom stereocenters. The number of amides is 1. The second kappa shape index (κ2) is 6.60. The molecule has 1 N–H and O–H groups in total. The van der Waals surface area contributed by atoms with Crippen LogP contribution in [0.3, 0.4) is 0 Å². The molecular weight excluding hydrogens is 318 g/mol. The summed E-state index contributed by atoms with van der Waals surface area (Å²) in [5, 5.41) is 7.03. The highest BCUT2D eigenvalue weighted by Crippen LogP contribution is 2.26. The highest BCUT2D eigenvalue weighted by atomic mass is 32.2. The molecular formula is C15H23N3O4S. The minimum absolute atomic E-state index is 0.0477. The zero-order chi connectivity index (χ0) is 16.4. The molecule has 1 aliphatic carbocycles. The fourth-order valence-electron chi connectivity index (χ4n) is 3.37. The quantitative estimate of drug-likeness (QED) is 0.827. The third-order valence-electron chi connectivity index (χ3n) is 4.45. The Morgan fingerprint density at radius 2 is 2.13 bits per heavy atom. The summed E-state index contributed by atoms with van der Waals surface area (Å²) in [5.41, 5.74) is 2.05. The van der Waals surface area contributed by atoms with Crippen molar-refractivity contribution in [1.29, 1.82) is 0 Å². The molecule has 1 aliphatic heterocycles. The molecule has 2 heterocycles. The summed E-state index contributed by atoms with van der Waals surface area (Å²) in [7, 11) is -3.30. The van der Waals surface area contributed by atoms with Crippen molar-refractivity contribution in [2.75, 3.05) is 25.1 Å². The first-order valence-corrected chi connectivity index (χ1v) is 10.1. The number of carbonyl (C=O) groups is 1. The molecule has 1 saturated heterocycles. The summed E-state index contributed by atoms with van der Waals surface area (Å²) in [6.07, 6.45) is 5.67. The first kappa shape index (κ1) is 16.4. The topological polar surface area (TPSA) is 92.5 Å². The monoisotopic (exact) mass is 341 g/mol. The van der Waals surface area contributed by atoms with Gasteiger partial charge in [-0.1, -0.05) is 5.16 Å². The largest absolute Gasteiger partial charge is 0.361 e. The second-order valence-electron chi connectivity index (χ2n) is 6.59. The predicted molar refractivity (Wildman–Crippen MR) is 84.7 cm³/mol. The van der Waals surface area contributed by atoms with Gasteiger partial charge in [0.25, 0.3) is 0 Å². The van der Waals surface area contributed by atoms with Gasteiger partial charge in [-0.3, -0.25) is 9.69 Å². The Hall–Kier alpha value is -1.41. The number of hydrogen-bond acceptors (Lipinski definition) is 6. The number of aryl methyl sites for hydroxylation is 1. The number of nitrogens with one attached hydrogen (secondary N) is 1. The maximum absolute atomic E-state index is 11.8. The standard InChI is InChI=1S/C15H23N3O4S/c1-23(20,21)10-15(19)16-11-4-5-14-12(8-11)13(17-22-14)9-18-6-2-3-7-18/h11H,2-10H2,1H3,(H,16,19). The van der Waals surface area contributed by atoms with Gasteiger partial charge in [0.1, 0.15) is 17.2 Å². The smallest absolute Gasteiger partial charge is 0.235 e. The van der Waals surface area contributed by atoms with Crippen LogP contribution in [0.4, 0.5) is 0 Å². The maximum atomic E-state index is 11.8. The molecule has 2 aliphatic rings. The lowest BCUT2D eigenvalue weighted by Crippen LogP contribution is -2.41. The Morgan fingerprint density at radius 1 is 1.39 bits per heavy atom. The lowest BCUT2D eigenvalue weighted by molar-refractivity contribution is -0.119. The number of rotatable bonds is 5. The Bertz CT molecular complexity index is 677. The molecule has 7 nitrogen and oxygen atoms in total. The Kier molecular flexibility index (Phi) is 4.72. The van der Waals surface area contributed by atoms with E-state index in [9.17, 15) is 13.2 Å². The van der Waals surface area contributed by atoms with E-state index in [-0.39, 0.29) is 6.04 Å². The summed E-state index contributed by atoms with van der Waals surface area (Å²) < 4.78 is 27.8. The predicted octanol–water partition coefficient (Wildman–Crippen LogP) is 0.289. The van der Waals surface area contributed by atoms with Crippen molar-refractivity contribution in [2.24, 2.45) is 0 Å². The van der Waals surface area contributed by atoms with Crippen LogP contribution in [0.15, 0.2) is 4.52 Å². The van der Waals surface area contributed by atoms with Crippen LogP contribution in [0.1, 0.15) is 36.3 Å². The lowest BCUT2D eigenvalue weighted by atomic mass is 9.92. The van der Waals surface area contributed by atoms with Crippen molar-refractivity contribution in [3.8, 4) is 0 Å². The van der Waals surface area contributed by atoms with Crippen molar-refractivity contribution in [1.82, 2.24) is 15.4 Å². The van der Waals surface area contributed by atoms with Crippen LogP contribution in [-0.2, 0) is 34.0 Å². The van der Waals surface area contributed by atoms with Crippen molar-refractivity contribution in [3.63, 3.8) is 0 Å². The van der Waals surface area contributed by atoms with Gasteiger partial charge >= 0.3 is 0 Å². The Morgan fingerprint density at radius 3 is 2.83 bits per heavy atom. The molecule has 1 unspecified atom stereocenters. The van der Waals surface area contributed by atoms with Crippen molar-refractivity contribution in [2.45, 2.75) is 44.7 Å². The van der Waals surface area contributed by atoms with Gasteiger partial charge in [-0.2, -0.15) is 0 Å². The van der Waals surface area contributed by atoms with E-state index in [0.717, 1.165) is 55.7 Å². The highest BCUT2D eigenvalue weighted by molar-refractivity contribution is 7.91. The zero-order valence-corrected chi connectivity index (χ0v) is 14.2. The third kappa shape index (κ3) is 4.32. The second-order valence-corrected chi connectivity index (χ2v) is 8.73. The molecule has 0 spiro atoms. The Balaban J connectivity index is 1.62. The molecule has 0 saturated carbocycles. The van der Waals surface area contributed by atoms with Crippen LogP contribution in [0.2, 0.25) is 0 Å². The van der Waals surface area contributed by atoms with Crippen LogP contribution >= 0.6 is 0 Å². The fraction of sp³-hybridized carbons (Fsp3) is 0.733. The van der Waals surface area contributed by atoms with E-state index in [1.807, 2.05) is 0 Å². The van der Waals surface area contributed by atoms with E-state index in [1.54, 1.807) is 0 Å². The molecule has 0 bridgehead atoms. The molecule has 1 aromatic rings. The number of nitrogens with zero attached hydrogens (tertiary/aromatic N) is 2. The fourth-order valence-corrected chi connectivity index (χ4v) is 3.93. The molecule has 3 rings (SSSR count). The number of likely N-dealkylation sites (tertiary alicyclic amines) is 1. The highest BCUT2D eigenvalue weighted by Gasteiger charge is 2.28. The van der Waals surface area contributed by atoms with Gasteiger partial charge in [-0.25, -0.2) is 8.42 Å². The van der Waals surface area contributed by atoms with Gasteiger partial charge in [-0.15, -0.1) is 0 Å². The molecule has 1 fully saturated rings. The zero-order valence-electron chi connectivity index (χ0n) is 13.4. The van der Waals surface area contributed by atoms with Gasteiger partial charge in [0.05, 0.1) is 0 Å². The molecule has 0 radical (unpaired) electrons. The van der Waals surface area contributed by atoms with E-state index < -0.39 is 21.5 Å². The van der Waals surface area contributed by atoms with Crippen LogP contribution in [0.25, 0.3) is 0 Å². The van der Waals surface area contributed by atoms with E-state index in [2.05, 4.69) is 15.4 Å². The van der Waals surface area contributed by atoms with E-state index >= 15 is 0 Å². The summed E-state index contributed by atoms with van der Waals surface area (Å²) >= 11 is 0. The molecule has 128 valence electrons. The van der Waals surface area contributed by atoms with Crippen molar-refractivity contribution >= 4 is 15.7 Å². The van der Waals surface area contributed by atoms with Crippen LogP contribution in [0, 0.1) is 0 Å². The summed E-state index contributed by atoms with van der Waals surface area (Å²) in [6, 6.07) is -0.0477. The van der Waals surface area contributed by atoms with Gasteiger partial charge in [-0.05, 0) is 38.8 Å². The van der Waals surface area contributed by atoms with Crippen molar-refractivity contribution < 1.29 is 17.7 Å². The Labute approximate surface area is 136 Å². The molecule has 1 aromatic heterocycles. The van der Waals surface area contributed by atoms with Crippen LogP contribution in [0.5, 0.6) is 0 Å². The van der Waals surface area contributed by atoms with Crippen LogP contribution in [-0.4, -0.2) is 55.5 Å². The number of fused-ring (bicyclic) bond motifs is 1. The normalized spacial score (nSPS) is 22.0. The minimum atomic E-state index is -3.30. The molecule has 0 aromatic carbocycles. The summed E-state index contributed by atoms with van der Waals surface area (Å²) in [4.78, 5) is 14.2. The summed E-state index contributed by atoms with van der Waals surface area (Å²) in [5.74, 6) is 0.0204. The third-order valence-corrected chi connectivity index (χ3v) is 5.24. The average molecular weight is 341 g/mol. The first-order valence-electron chi connectivity index (χ1n) is 8.06. The first-order chi connectivity index (χ1) is 10.9. The number of sulfone groups is 1. The van der Waals surface area contributed by atoms with E-state index in [1.165, 1.54) is 12.8 Å². The average Bonchev–Trinajstić information content (AvgIpc) is 3.07.